The van der Waals surface area contributed by atoms with Gasteiger partial charge >= 0.3 is 0 Å². The fourth-order valence-electron chi connectivity index (χ4n) is 2.32. The molecule has 1 heterocycles. The van der Waals surface area contributed by atoms with Crippen LogP contribution in [0.25, 0.3) is 6.08 Å². The maximum Gasteiger partial charge on any atom is 0.293 e. The molecule has 3 rings (SSSR count). The second-order valence-electron chi connectivity index (χ2n) is 5.22. The van der Waals surface area contributed by atoms with Gasteiger partial charge in [0.25, 0.3) is 11.1 Å². The van der Waals surface area contributed by atoms with E-state index in [1.165, 1.54) is 4.90 Å². The maximum atomic E-state index is 12.5. The number of amides is 2. The first-order chi connectivity index (χ1) is 11.1. The Morgan fingerprint density at radius 1 is 1.09 bits per heavy atom. The van der Waals surface area contributed by atoms with Gasteiger partial charge in [-0.1, -0.05) is 54.1 Å². The van der Waals surface area contributed by atoms with Crippen molar-refractivity contribution in [2.24, 2.45) is 0 Å². The van der Waals surface area contributed by atoms with Gasteiger partial charge in [0, 0.05) is 5.02 Å². The van der Waals surface area contributed by atoms with Gasteiger partial charge in [-0.3, -0.25) is 14.5 Å². The van der Waals surface area contributed by atoms with Gasteiger partial charge in [-0.25, -0.2) is 0 Å². The molecule has 0 saturated carbocycles. The lowest BCUT2D eigenvalue weighted by molar-refractivity contribution is -0.123. The number of nitrogens with zero attached hydrogens (tertiary/aromatic N) is 1. The molecule has 1 fully saturated rings. The molecule has 2 amide bonds. The molecule has 0 atom stereocenters. The highest BCUT2D eigenvalue weighted by Gasteiger charge is 2.35. The molecule has 0 aromatic heterocycles. The minimum absolute atomic E-state index is 0.190. The summed E-state index contributed by atoms with van der Waals surface area (Å²) in [6.07, 6.45) is 1.77. The minimum atomic E-state index is -0.275. The van der Waals surface area contributed by atoms with E-state index in [-0.39, 0.29) is 17.7 Å². The molecule has 0 radical (unpaired) electrons. The van der Waals surface area contributed by atoms with Crippen LogP contribution in [-0.4, -0.2) is 16.0 Å². The van der Waals surface area contributed by atoms with Crippen LogP contribution >= 0.6 is 23.4 Å². The summed E-state index contributed by atoms with van der Waals surface area (Å²) in [5.74, 6) is -0.275. The van der Waals surface area contributed by atoms with E-state index in [1.54, 1.807) is 12.1 Å². The third-order valence-corrected chi connectivity index (χ3v) is 4.91. The SMILES string of the molecule is Cc1ccccc1/C=C1\SC(=O)N(Cc2ccccc2Cl)C1=O. The van der Waals surface area contributed by atoms with Crippen molar-refractivity contribution in [3.8, 4) is 0 Å². The predicted octanol–water partition coefficient (Wildman–Crippen LogP) is 4.88. The number of rotatable bonds is 3. The highest BCUT2D eigenvalue weighted by atomic mass is 35.5. The predicted molar refractivity (Wildman–Crippen MR) is 94.1 cm³/mol. The smallest absolute Gasteiger partial charge is 0.268 e. The van der Waals surface area contributed by atoms with Crippen LogP contribution in [0.1, 0.15) is 16.7 Å². The van der Waals surface area contributed by atoms with Gasteiger partial charge in [0.1, 0.15) is 0 Å². The monoisotopic (exact) mass is 343 g/mol. The molecule has 0 aliphatic carbocycles. The van der Waals surface area contributed by atoms with Crippen molar-refractivity contribution < 1.29 is 9.59 Å². The van der Waals surface area contributed by atoms with Crippen LogP contribution in [-0.2, 0) is 11.3 Å². The fraction of sp³-hybridized carbons (Fsp3) is 0.111. The Morgan fingerprint density at radius 2 is 1.78 bits per heavy atom. The van der Waals surface area contributed by atoms with E-state index in [2.05, 4.69) is 0 Å². The zero-order valence-electron chi connectivity index (χ0n) is 12.5. The molecule has 3 nitrogen and oxygen atoms in total. The van der Waals surface area contributed by atoms with E-state index in [9.17, 15) is 9.59 Å². The first kappa shape index (κ1) is 15.8. The normalized spacial score (nSPS) is 16.4. The molecule has 1 saturated heterocycles. The van der Waals surface area contributed by atoms with Crippen LogP contribution in [0, 0.1) is 6.92 Å². The average molecular weight is 344 g/mol. The van der Waals surface area contributed by atoms with Crippen molar-refractivity contribution in [3.05, 3.63) is 75.1 Å². The molecular formula is C18H14ClNO2S. The third-order valence-electron chi connectivity index (χ3n) is 3.63. The van der Waals surface area contributed by atoms with E-state index in [1.807, 2.05) is 49.4 Å². The van der Waals surface area contributed by atoms with Gasteiger partial charge in [-0.15, -0.1) is 0 Å². The first-order valence-electron chi connectivity index (χ1n) is 7.10. The van der Waals surface area contributed by atoms with Crippen LogP contribution < -0.4 is 0 Å². The Morgan fingerprint density at radius 3 is 2.52 bits per heavy atom. The van der Waals surface area contributed by atoms with Crippen molar-refractivity contribution in [1.29, 1.82) is 0 Å². The number of thioether (sulfide) groups is 1. The van der Waals surface area contributed by atoms with E-state index in [4.69, 9.17) is 11.6 Å². The molecule has 0 spiro atoms. The van der Waals surface area contributed by atoms with Crippen LogP contribution in [0.15, 0.2) is 53.4 Å². The number of hydrogen-bond donors (Lipinski definition) is 0. The molecule has 0 bridgehead atoms. The average Bonchev–Trinajstić information content (AvgIpc) is 2.79. The van der Waals surface area contributed by atoms with E-state index in [0.717, 1.165) is 28.5 Å². The highest BCUT2D eigenvalue weighted by Crippen LogP contribution is 2.34. The number of carbonyl (C=O) groups is 2. The second kappa shape index (κ2) is 6.60. The molecule has 1 aliphatic heterocycles. The summed E-state index contributed by atoms with van der Waals surface area (Å²) in [4.78, 5) is 26.4. The van der Waals surface area contributed by atoms with Crippen molar-refractivity contribution in [2.75, 3.05) is 0 Å². The summed E-state index contributed by atoms with van der Waals surface area (Å²) in [5.41, 5.74) is 2.76. The standard InChI is InChI=1S/C18H14ClNO2S/c1-12-6-2-3-7-13(12)10-16-17(21)20(18(22)23-16)11-14-8-4-5-9-15(14)19/h2-10H,11H2,1H3/b16-10-. The Bertz CT molecular complexity index is 816. The zero-order valence-corrected chi connectivity index (χ0v) is 14.0. The molecule has 0 N–H and O–H groups in total. The van der Waals surface area contributed by atoms with Crippen LogP contribution in [0.4, 0.5) is 4.79 Å². The third kappa shape index (κ3) is 3.33. The Hall–Kier alpha value is -2.04. The van der Waals surface area contributed by atoms with Crippen molar-refractivity contribution in [2.45, 2.75) is 13.5 Å². The molecule has 1 aliphatic rings. The highest BCUT2D eigenvalue weighted by molar-refractivity contribution is 8.18. The molecule has 116 valence electrons. The van der Waals surface area contributed by atoms with Crippen LogP contribution in [0.2, 0.25) is 5.02 Å². The van der Waals surface area contributed by atoms with Gasteiger partial charge in [0.05, 0.1) is 11.4 Å². The molecule has 5 heteroatoms. The van der Waals surface area contributed by atoms with Gasteiger partial charge in [0.2, 0.25) is 0 Å². The van der Waals surface area contributed by atoms with Crippen molar-refractivity contribution in [3.63, 3.8) is 0 Å². The Kier molecular flexibility index (Phi) is 4.55. The van der Waals surface area contributed by atoms with Gasteiger partial charge in [-0.2, -0.15) is 0 Å². The lowest BCUT2D eigenvalue weighted by Gasteiger charge is -2.13. The molecular weight excluding hydrogens is 330 g/mol. The molecule has 2 aromatic carbocycles. The number of imide groups is 1. The fourth-order valence-corrected chi connectivity index (χ4v) is 3.35. The number of halogens is 1. The van der Waals surface area contributed by atoms with E-state index >= 15 is 0 Å². The number of carbonyl (C=O) groups excluding carboxylic acids is 2. The molecule has 2 aromatic rings. The zero-order chi connectivity index (χ0) is 16.4. The summed E-state index contributed by atoms with van der Waals surface area (Å²) < 4.78 is 0. The largest absolute Gasteiger partial charge is 0.293 e. The topological polar surface area (TPSA) is 37.4 Å². The summed E-state index contributed by atoms with van der Waals surface area (Å²) in [5, 5.41) is 0.282. The van der Waals surface area contributed by atoms with Gasteiger partial charge in [-0.05, 0) is 47.5 Å². The lowest BCUT2D eigenvalue weighted by Crippen LogP contribution is -2.27. The van der Waals surface area contributed by atoms with Crippen LogP contribution in [0.5, 0.6) is 0 Å². The summed E-state index contributed by atoms with van der Waals surface area (Å²) in [6.45, 7) is 2.16. The number of benzene rings is 2. The summed E-state index contributed by atoms with van der Waals surface area (Å²) >= 11 is 7.08. The first-order valence-corrected chi connectivity index (χ1v) is 8.30. The van der Waals surface area contributed by atoms with Gasteiger partial charge < -0.3 is 0 Å². The van der Waals surface area contributed by atoms with Gasteiger partial charge in [0.15, 0.2) is 0 Å². The number of hydrogen-bond acceptors (Lipinski definition) is 3. The van der Waals surface area contributed by atoms with Crippen LogP contribution in [0.3, 0.4) is 0 Å². The molecule has 23 heavy (non-hydrogen) atoms. The Balaban J connectivity index is 1.86. The lowest BCUT2D eigenvalue weighted by atomic mass is 10.1. The quantitative estimate of drug-likeness (QED) is 0.745. The number of aryl methyl sites for hydroxylation is 1. The summed E-state index contributed by atoms with van der Waals surface area (Å²) in [7, 11) is 0. The molecule has 0 unspecified atom stereocenters. The summed E-state index contributed by atoms with van der Waals surface area (Å²) in [6, 6.07) is 15.0. The van der Waals surface area contributed by atoms with Crippen molar-refractivity contribution in [1.82, 2.24) is 4.90 Å². The van der Waals surface area contributed by atoms with E-state index < -0.39 is 0 Å². The van der Waals surface area contributed by atoms with Crippen molar-refractivity contribution >= 4 is 40.6 Å². The maximum absolute atomic E-state index is 12.5. The minimum Gasteiger partial charge on any atom is -0.268 e. The second-order valence-corrected chi connectivity index (χ2v) is 6.62. The van der Waals surface area contributed by atoms with E-state index in [0.29, 0.717) is 9.93 Å². The Labute approximate surface area is 143 Å².